The minimum atomic E-state index is -0.826. The molecule has 0 rings (SSSR count). The summed E-state index contributed by atoms with van der Waals surface area (Å²) in [5.41, 5.74) is 0. The molecule has 2 N–H and O–H groups in total. The van der Waals surface area contributed by atoms with E-state index in [0.717, 1.165) is 31.4 Å². The Morgan fingerprint density at radius 1 is 1.11 bits per heavy atom. The fourth-order valence-corrected chi connectivity index (χ4v) is 2.34. The van der Waals surface area contributed by atoms with Gasteiger partial charge in [-0.25, -0.2) is 0 Å². The molecule has 19 heavy (non-hydrogen) atoms. The first kappa shape index (κ1) is 21.6. The van der Waals surface area contributed by atoms with E-state index in [1.165, 1.54) is 0 Å². The van der Waals surface area contributed by atoms with Gasteiger partial charge in [-0.15, -0.1) is 0 Å². The minimum Gasteiger partial charge on any atom is -0.481 e. The number of thiol groups is 2. The van der Waals surface area contributed by atoms with E-state index in [1.54, 1.807) is 0 Å². The van der Waals surface area contributed by atoms with Crippen LogP contribution in [-0.2, 0) is 29.1 Å². The Bertz CT molecular complexity index is 255. The van der Waals surface area contributed by atoms with Crippen molar-refractivity contribution in [2.45, 2.75) is 50.2 Å². The molecule has 1 amide bonds. The van der Waals surface area contributed by atoms with Crippen LogP contribution in [0, 0.1) is 0 Å². The van der Waals surface area contributed by atoms with Crippen LogP contribution >= 0.6 is 25.3 Å². The topological polar surface area (TPSA) is 66.4 Å². The van der Waals surface area contributed by atoms with Crippen molar-refractivity contribution in [2.75, 3.05) is 12.3 Å². The molecule has 0 aliphatic rings. The Morgan fingerprint density at radius 2 is 1.79 bits per heavy atom. The summed E-state index contributed by atoms with van der Waals surface area (Å²) in [4.78, 5) is 21.6. The third-order valence-corrected chi connectivity index (χ3v) is 3.32. The van der Waals surface area contributed by atoms with Gasteiger partial charge in [0, 0.05) is 24.6 Å². The van der Waals surface area contributed by atoms with Gasteiger partial charge < -0.3 is 10.4 Å². The monoisotopic (exact) mass is 357 g/mol. The molecule has 0 aromatic rings. The van der Waals surface area contributed by atoms with Crippen LogP contribution in [0.25, 0.3) is 0 Å². The maximum absolute atomic E-state index is 11.4. The number of nitrogens with one attached hydrogen (secondary N) is 1. The molecule has 0 aromatic carbocycles. The molecule has 0 saturated carbocycles. The van der Waals surface area contributed by atoms with Crippen LogP contribution in [0.15, 0.2) is 0 Å². The molecule has 0 heterocycles. The molecule has 1 unspecified atom stereocenters. The van der Waals surface area contributed by atoms with E-state index in [2.05, 4.69) is 30.6 Å². The number of carbonyl (C=O) groups excluding carboxylic acids is 1. The normalized spacial score (nSPS) is 11.5. The van der Waals surface area contributed by atoms with E-state index < -0.39 is 5.97 Å². The number of carboxylic acids is 1. The number of hydrogen-bond acceptors (Lipinski definition) is 4. The third-order valence-electron chi connectivity index (χ3n) is 2.54. The first-order chi connectivity index (χ1) is 8.56. The summed E-state index contributed by atoms with van der Waals surface area (Å²) in [7, 11) is 0. The SMILES string of the molecule is O=C(O)CCCNC(=O)CCCCC(S)CCS.[Zn+2]. The van der Waals surface area contributed by atoms with E-state index in [4.69, 9.17) is 5.11 Å². The third kappa shape index (κ3) is 16.2. The Morgan fingerprint density at radius 3 is 2.37 bits per heavy atom. The van der Waals surface area contributed by atoms with Crippen LogP contribution in [0.1, 0.15) is 44.9 Å². The molecule has 0 spiro atoms. The van der Waals surface area contributed by atoms with Crippen molar-refractivity contribution in [3.8, 4) is 0 Å². The number of amides is 1. The molecule has 0 saturated heterocycles. The van der Waals surface area contributed by atoms with Gasteiger partial charge in [-0.05, 0) is 31.4 Å². The quantitative estimate of drug-likeness (QED) is 0.260. The summed E-state index contributed by atoms with van der Waals surface area (Å²) < 4.78 is 0. The van der Waals surface area contributed by atoms with Gasteiger partial charge in [0.05, 0.1) is 0 Å². The summed E-state index contributed by atoms with van der Waals surface area (Å²) in [5.74, 6) is 0.0247. The molecular formula is C12H23NO3S2Zn+2. The predicted octanol–water partition coefficient (Wildman–Crippen LogP) is 2.14. The van der Waals surface area contributed by atoms with Gasteiger partial charge >= 0.3 is 25.4 Å². The van der Waals surface area contributed by atoms with Gasteiger partial charge in [0.15, 0.2) is 0 Å². The average Bonchev–Trinajstić information content (AvgIpc) is 2.30. The van der Waals surface area contributed by atoms with Gasteiger partial charge in [-0.3, -0.25) is 9.59 Å². The Labute approximate surface area is 139 Å². The molecule has 0 bridgehead atoms. The van der Waals surface area contributed by atoms with E-state index in [0.29, 0.717) is 24.6 Å². The zero-order chi connectivity index (χ0) is 13.8. The summed E-state index contributed by atoms with van der Waals surface area (Å²) in [6.45, 7) is 0.444. The molecule has 7 heteroatoms. The molecule has 106 valence electrons. The van der Waals surface area contributed by atoms with E-state index >= 15 is 0 Å². The smallest absolute Gasteiger partial charge is 0.481 e. The van der Waals surface area contributed by atoms with E-state index in [-0.39, 0.29) is 31.8 Å². The predicted molar refractivity (Wildman–Crippen MR) is 79.6 cm³/mol. The minimum absolute atomic E-state index is 0. The Hall–Kier alpha value is 0.263. The van der Waals surface area contributed by atoms with Crippen molar-refractivity contribution >= 4 is 37.1 Å². The number of rotatable bonds is 11. The van der Waals surface area contributed by atoms with Gasteiger partial charge in [0.25, 0.3) is 0 Å². The molecule has 0 radical (unpaired) electrons. The summed E-state index contributed by atoms with van der Waals surface area (Å²) >= 11 is 8.56. The molecule has 0 fully saturated rings. The molecule has 0 aliphatic carbocycles. The second-order valence-electron chi connectivity index (χ2n) is 4.26. The molecule has 0 aromatic heterocycles. The van der Waals surface area contributed by atoms with Crippen molar-refractivity contribution in [3.05, 3.63) is 0 Å². The molecule has 4 nitrogen and oxygen atoms in total. The van der Waals surface area contributed by atoms with Crippen molar-refractivity contribution in [2.24, 2.45) is 0 Å². The average molecular weight is 359 g/mol. The van der Waals surface area contributed by atoms with Crippen LogP contribution in [0.3, 0.4) is 0 Å². The zero-order valence-corrected chi connectivity index (χ0v) is 16.1. The van der Waals surface area contributed by atoms with Crippen molar-refractivity contribution < 1.29 is 34.2 Å². The second-order valence-corrected chi connectivity index (χ2v) is 5.44. The maximum atomic E-state index is 11.4. The van der Waals surface area contributed by atoms with Crippen LogP contribution in [0.4, 0.5) is 0 Å². The maximum Gasteiger partial charge on any atom is 2.00 e. The van der Waals surface area contributed by atoms with Gasteiger partial charge in [-0.1, -0.05) is 6.42 Å². The van der Waals surface area contributed by atoms with Crippen LogP contribution < -0.4 is 5.32 Å². The number of aliphatic carboxylic acids is 1. The van der Waals surface area contributed by atoms with Crippen molar-refractivity contribution in [1.82, 2.24) is 5.32 Å². The molecular weight excluding hydrogens is 336 g/mol. The molecule has 0 aliphatic heterocycles. The number of carbonyl (C=O) groups is 2. The summed E-state index contributed by atoms with van der Waals surface area (Å²) in [6, 6.07) is 0. The zero-order valence-electron chi connectivity index (χ0n) is 11.3. The summed E-state index contributed by atoms with van der Waals surface area (Å²) in [5, 5.41) is 11.5. The standard InChI is InChI=1S/C12H23NO3S2.Zn/c14-11(13-8-3-6-12(15)16)5-2-1-4-10(18)7-9-17;/h10,17-18H,1-9H2,(H,13,14)(H,15,16);/q;+2. The Kier molecular flexibility index (Phi) is 16.6. The summed E-state index contributed by atoms with van der Waals surface area (Å²) in [6.07, 6.45) is 4.95. The largest absolute Gasteiger partial charge is 2.00 e. The van der Waals surface area contributed by atoms with Crippen LogP contribution in [0.5, 0.6) is 0 Å². The van der Waals surface area contributed by atoms with Crippen molar-refractivity contribution in [1.29, 1.82) is 0 Å². The Balaban J connectivity index is 0. The number of unbranched alkanes of at least 4 members (excludes halogenated alkanes) is 1. The first-order valence-corrected chi connectivity index (χ1v) is 7.48. The van der Waals surface area contributed by atoms with Gasteiger partial charge in [-0.2, -0.15) is 25.3 Å². The first-order valence-electron chi connectivity index (χ1n) is 6.33. The van der Waals surface area contributed by atoms with Gasteiger partial charge in [0.1, 0.15) is 0 Å². The second kappa shape index (κ2) is 14.7. The van der Waals surface area contributed by atoms with Gasteiger partial charge in [0.2, 0.25) is 5.91 Å². The number of carboxylic acid groups (broad SMARTS) is 1. The van der Waals surface area contributed by atoms with Crippen molar-refractivity contribution in [3.63, 3.8) is 0 Å². The fourth-order valence-electron chi connectivity index (χ4n) is 1.51. The number of hydrogen-bond donors (Lipinski definition) is 4. The van der Waals surface area contributed by atoms with E-state index in [1.807, 2.05) is 0 Å². The van der Waals surface area contributed by atoms with Crippen LogP contribution in [-0.4, -0.2) is 34.5 Å². The molecule has 1 atom stereocenters. The van der Waals surface area contributed by atoms with E-state index in [9.17, 15) is 9.59 Å². The fraction of sp³-hybridized carbons (Fsp3) is 0.833. The van der Waals surface area contributed by atoms with Crippen LogP contribution in [0.2, 0.25) is 0 Å².